The Balaban J connectivity index is 1.80. The van der Waals surface area contributed by atoms with Crippen molar-refractivity contribution in [3.05, 3.63) is 22.5 Å². The Morgan fingerprint density at radius 1 is 1.59 bits per heavy atom. The smallest absolute Gasteiger partial charge is 0.306 e. The van der Waals surface area contributed by atoms with Gasteiger partial charge in [-0.3, -0.25) is 14.8 Å². The summed E-state index contributed by atoms with van der Waals surface area (Å²) >= 11 is 0. The van der Waals surface area contributed by atoms with Gasteiger partial charge in [-0.05, 0) is 18.9 Å². The molecular weight excluding hydrogens is 224 g/mol. The average molecular weight is 240 g/mol. The third-order valence-corrected chi connectivity index (χ3v) is 3.10. The van der Waals surface area contributed by atoms with Crippen LogP contribution >= 0.6 is 0 Å². The molecule has 1 saturated heterocycles. The minimum atomic E-state index is -0.443. The minimum absolute atomic E-state index is 0.0275. The van der Waals surface area contributed by atoms with Gasteiger partial charge in [-0.25, -0.2) is 0 Å². The van der Waals surface area contributed by atoms with Gasteiger partial charge in [0.2, 0.25) is 0 Å². The summed E-state index contributed by atoms with van der Waals surface area (Å²) in [5.74, 6) is 0.377. The normalized spacial score (nSPS) is 20.9. The summed E-state index contributed by atoms with van der Waals surface area (Å²) in [6.07, 6.45) is 3.73. The molecule has 1 aliphatic heterocycles. The molecule has 0 bridgehead atoms. The Hall–Kier alpha value is -1.47. The fourth-order valence-corrected chi connectivity index (χ4v) is 2.08. The van der Waals surface area contributed by atoms with E-state index in [1.54, 1.807) is 4.68 Å². The maximum atomic E-state index is 10.5. The van der Waals surface area contributed by atoms with Crippen molar-refractivity contribution in [2.45, 2.75) is 13.0 Å². The Morgan fingerprint density at radius 3 is 3.00 bits per heavy atom. The Morgan fingerprint density at radius 2 is 2.41 bits per heavy atom. The lowest BCUT2D eigenvalue weighted by atomic mass is 10.1. The van der Waals surface area contributed by atoms with Crippen molar-refractivity contribution >= 4 is 5.69 Å². The summed E-state index contributed by atoms with van der Waals surface area (Å²) in [6.45, 7) is 3.58. The number of nitro groups is 1. The van der Waals surface area contributed by atoms with Crippen LogP contribution in [0.1, 0.15) is 6.42 Å². The summed E-state index contributed by atoms with van der Waals surface area (Å²) in [6, 6.07) is 0. The minimum Gasteiger partial charge on any atom is -0.396 e. The summed E-state index contributed by atoms with van der Waals surface area (Å²) < 4.78 is 1.59. The largest absolute Gasteiger partial charge is 0.396 e. The zero-order valence-corrected chi connectivity index (χ0v) is 9.53. The Kier molecular flexibility index (Phi) is 3.70. The Labute approximate surface area is 98.8 Å². The Bertz CT molecular complexity index is 393. The average Bonchev–Trinajstić information content (AvgIpc) is 2.95. The third-order valence-electron chi connectivity index (χ3n) is 3.10. The van der Waals surface area contributed by atoms with Crippen molar-refractivity contribution < 1.29 is 10.0 Å². The van der Waals surface area contributed by atoms with E-state index in [2.05, 4.69) is 10.00 Å². The predicted molar refractivity (Wildman–Crippen MR) is 60.5 cm³/mol. The molecule has 1 aliphatic rings. The molecule has 0 spiro atoms. The van der Waals surface area contributed by atoms with Crippen LogP contribution in [0.2, 0.25) is 0 Å². The van der Waals surface area contributed by atoms with Crippen molar-refractivity contribution in [2.24, 2.45) is 5.92 Å². The number of aliphatic hydroxyl groups is 1. The van der Waals surface area contributed by atoms with Gasteiger partial charge >= 0.3 is 5.69 Å². The summed E-state index contributed by atoms with van der Waals surface area (Å²) in [5, 5.41) is 23.4. The molecule has 2 rings (SSSR count). The summed E-state index contributed by atoms with van der Waals surface area (Å²) in [4.78, 5) is 12.3. The molecule has 0 aromatic carbocycles. The van der Waals surface area contributed by atoms with E-state index in [1.807, 2.05) is 0 Å². The highest BCUT2D eigenvalue weighted by molar-refractivity contribution is 5.20. The molecule has 7 heteroatoms. The molecule has 17 heavy (non-hydrogen) atoms. The maximum Gasteiger partial charge on any atom is 0.306 e. The molecule has 0 amide bonds. The quantitative estimate of drug-likeness (QED) is 0.583. The molecule has 0 saturated carbocycles. The lowest BCUT2D eigenvalue weighted by Gasteiger charge is -2.14. The van der Waals surface area contributed by atoms with Crippen molar-refractivity contribution in [1.82, 2.24) is 14.7 Å². The third kappa shape index (κ3) is 3.01. The highest BCUT2D eigenvalue weighted by atomic mass is 16.6. The van der Waals surface area contributed by atoms with E-state index < -0.39 is 4.92 Å². The lowest BCUT2D eigenvalue weighted by Crippen LogP contribution is -2.25. The van der Waals surface area contributed by atoms with Crippen molar-refractivity contribution in [2.75, 3.05) is 26.2 Å². The van der Waals surface area contributed by atoms with Gasteiger partial charge in [0, 0.05) is 19.7 Å². The standard InChI is InChI=1S/C10H16N4O3/c15-8-9-1-2-12(6-9)3-4-13-7-10(5-11-13)14(16)17/h5,7,9,15H,1-4,6,8H2. The topological polar surface area (TPSA) is 84.4 Å². The zero-order valence-electron chi connectivity index (χ0n) is 9.53. The van der Waals surface area contributed by atoms with Crippen LogP contribution in [-0.2, 0) is 6.54 Å². The number of aromatic nitrogens is 2. The SMILES string of the molecule is O=[N+]([O-])c1cnn(CCN2CCC(CO)C2)c1. The number of hydrogen-bond acceptors (Lipinski definition) is 5. The predicted octanol–water partition coefficient (Wildman–Crippen LogP) is 0.105. The van der Waals surface area contributed by atoms with Crippen molar-refractivity contribution in [3.8, 4) is 0 Å². The van der Waals surface area contributed by atoms with E-state index in [0.717, 1.165) is 26.1 Å². The number of hydrogen-bond donors (Lipinski definition) is 1. The zero-order chi connectivity index (χ0) is 12.3. The first-order valence-corrected chi connectivity index (χ1v) is 5.69. The lowest BCUT2D eigenvalue weighted by molar-refractivity contribution is -0.385. The van der Waals surface area contributed by atoms with E-state index in [4.69, 9.17) is 5.11 Å². The summed E-state index contributed by atoms with van der Waals surface area (Å²) in [5.41, 5.74) is 0.0275. The van der Waals surface area contributed by atoms with Crippen LogP contribution in [0, 0.1) is 16.0 Å². The molecule has 1 aromatic heterocycles. The van der Waals surface area contributed by atoms with Crippen molar-refractivity contribution in [3.63, 3.8) is 0 Å². The van der Waals surface area contributed by atoms with Crippen LogP contribution < -0.4 is 0 Å². The molecule has 94 valence electrons. The van der Waals surface area contributed by atoms with Gasteiger partial charge in [0.1, 0.15) is 12.4 Å². The fraction of sp³-hybridized carbons (Fsp3) is 0.700. The van der Waals surface area contributed by atoms with E-state index >= 15 is 0 Å². The first-order valence-electron chi connectivity index (χ1n) is 5.69. The molecule has 2 heterocycles. The molecular formula is C10H16N4O3. The highest BCUT2D eigenvalue weighted by Crippen LogP contribution is 2.15. The number of likely N-dealkylation sites (tertiary alicyclic amines) is 1. The van der Waals surface area contributed by atoms with E-state index in [-0.39, 0.29) is 12.3 Å². The van der Waals surface area contributed by atoms with Gasteiger partial charge in [0.15, 0.2) is 0 Å². The molecule has 0 radical (unpaired) electrons. The van der Waals surface area contributed by atoms with E-state index in [9.17, 15) is 10.1 Å². The number of aliphatic hydroxyl groups excluding tert-OH is 1. The van der Waals surface area contributed by atoms with Gasteiger partial charge in [0.05, 0.1) is 11.5 Å². The fourth-order valence-electron chi connectivity index (χ4n) is 2.08. The monoisotopic (exact) mass is 240 g/mol. The van der Waals surface area contributed by atoms with Gasteiger partial charge in [-0.2, -0.15) is 5.10 Å². The second kappa shape index (κ2) is 5.24. The molecule has 1 fully saturated rings. The highest BCUT2D eigenvalue weighted by Gasteiger charge is 2.21. The van der Waals surface area contributed by atoms with Crippen LogP contribution in [0.3, 0.4) is 0 Å². The summed E-state index contributed by atoms with van der Waals surface area (Å²) in [7, 11) is 0. The van der Waals surface area contributed by atoms with Gasteiger partial charge in [-0.15, -0.1) is 0 Å². The molecule has 1 N–H and O–H groups in total. The number of rotatable bonds is 5. The number of nitrogens with zero attached hydrogens (tertiary/aromatic N) is 4. The van der Waals surface area contributed by atoms with Crippen LogP contribution in [-0.4, -0.2) is 51.0 Å². The molecule has 1 unspecified atom stereocenters. The first-order chi connectivity index (χ1) is 8.19. The van der Waals surface area contributed by atoms with Crippen LogP contribution in [0.5, 0.6) is 0 Å². The molecule has 1 aromatic rings. The molecule has 1 atom stereocenters. The first kappa shape index (κ1) is 12.0. The second-order valence-corrected chi connectivity index (χ2v) is 4.36. The van der Waals surface area contributed by atoms with Crippen LogP contribution in [0.4, 0.5) is 5.69 Å². The van der Waals surface area contributed by atoms with Gasteiger partial charge in [0.25, 0.3) is 0 Å². The molecule has 0 aliphatic carbocycles. The maximum absolute atomic E-state index is 10.5. The van der Waals surface area contributed by atoms with E-state index in [1.165, 1.54) is 12.4 Å². The molecule has 7 nitrogen and oxygen atoms in total. The van der Waals surface area contributed by atoms with E-state index in [0.29, 0.717) is 12.5 Å². The second-order valence-electron chi connectivity index (χ2n) is 4.36. The van der Waals surface area contributed by atoms with Crippen molar-refractivity contribution in [1.29, 1.82) is 0 Å². The van der Waals surface area contributed by atoms with Gasteiger partial charge in [-0.1, -0.05) is 0 Å². The van der Waals surface area contributed by atoms with Crippen LogP contribution in [0.15, 0.2) is 12.4 Å². The van der Waals surface area contributed by atoms with Gasteiger partial charge < -0.3 is 10.0 Å². The van der Waals surface area contributed by atoms with Crippen LogP contribution in [0.25, 0.3) is 0 Å².